The number of carbonyl (C=O) groups excluding carboxylic acids is 1. The summed E-state index contributed by atoms with van der Waals surface area (Å²) in [4.78, 5) is 11.4. The highest BCUT2D eigenvalue weighted by molar-refractivity contribution is 6.00. The molecule has 0 saturated heterocycles. The van der Waals surface area contributed by atoms with Gasteiger partial charge in [0.25, 0.3) is 0 Å². The fourth-order valence-corrected chi connectivity index (χ4v) is 1.41. The van der Waals surface area contributed by atoms with Crippen LogP contribution in [0, 0.1) is 0 Å². The molecule has 0 spiro atoms. The molecule has 1 aromatic rings. The molecule has 4 nitrogen and oxygen atoms in total. The molecule has 0 aromatic heterocycles. The Bertz CT molecular complexity index is 374. The Morgan fingerprint density at radius 3 is 2.67 bits per heavy atom. The minimum Gasteiger partial charge on any atom is -0.507 e. The molecule has 0 bridgehead atoms. The average molecular weight is 209 g/mol. The van der Waals surface area contributed by atoms with Crippen molar-refractivity contribution in [2.24, 2.45) is 5.73 Å². The van der Waals surface area contributed by atoms with Crippen LogP contribution in [-0.2, 0) is 6.42 Å². The van der Waals surface area contributed by atoms with Crippen LogP contribution in [0.5, 0.6) is 11.5 Å². The van der Waals surface area contributed by atoms with E-state index in [1.54, 1.807) is 6.07 Å². The summed E-state index contributed by atoms with van der Waals surface area (Å²) in [5.41, 5.74) is 6.38. The molecule has 0 atom stereocenters. The fourth-order valence-electron chi connectivity index (χ4n) is 1.41. The molecule has 0 amide bonds. The number of aryl methyl sites for hydroxylation is 1. The largest absolute Gasteiger partial charge is 0.507 e. The van der Waals surface area contributed by atoms with Crippen molar-refractivity contribution >= 4 is 5.78 Å². The van der Waals surface area contributed by atoms with E-state index in [4.69, 9.17) is 10.5 Å². The molecular weight excluding hydrogens is 194 g/mol. The number of benzene rings is 1. The maximum Gasteiger partial charge on any atom is 0.180 e. The van der Waals surface area contributed by atoms with Gasteiger partial charge in [0.2, 0.25) is 0 Å². The zero-order chi connectivity index (χ0) is 11.4. The van der Waals surface area contributed by atoms with Gasteiger partial charge in [0.15, 0.2) is 5.78 Å². The molecule has 1 aromatic carbocycles. The predicted molar refractivity (Wildman–Crippen MR) is 57.4 cm³/mol. The van der Waals surface area contributed by atoms with E-state index < -0.39 is 0 Å². The molecule has 0 unspecified atom stereocenters. The van der Waals surface area contributed by atoms with Gasteiger partial charge in [-0.15, -0.1) is 0 Å². The fraction of sp³-hybridized carbons (Fsp3) is 0.364. The second kappa shape index (κ2) is 4.79. The van der Waals surface area contributed by atoms with Crippen LogP contribution in [0.2, 0.25) is 0 Å². The Hall–Kier alpha value is -1.55. The van der Waals surface area contributed by atoms with E-state index in [0.717, 1.165) is 12.0 Å². The lowest BCUT2D eigenvalue weighted by Crippen LogP contribution is -2.14. The molecule has 82 valence electrons. The Balaban J connectivity index is 3.25. The lowest BCUT2D eigenvalue weighted by molar-refractivity contribution is 0.0998. The highest BCUT2D eigenvalue weighted by Crippen LogP contribution is 2.28. The minimum absolute atomic E-state index is 0.0838. The van der Waals surface area contributed by atoms with Crippen molar-refractivity contribution < 1.29 is 14.6 Å². The summed E-state index contributed by atoms with van der Waals surface area (Å²) in [6.07, 6.45) is 0.730. The second-order valence-electron chi connectivity index (χ2n) is 3.16. The Morgan fingerprint density at radius 1 is 1.53 bits per heavy atom. The highest BCUT2D eigenvalue weighted by Gasteiger charge is 2.13. The molecular formula is C11H15NO3. The number of phenolic OH excluding ortho intramolecular Hbond substituents is 1. The summed E-state index contributed by atoms with van der Waals surface area (Å²) in [5, 5.41) is 9.59. The standard InChI is InChI=1S/C11H15NO3/c1-3-7-4-8(10(14)6-12)9(13)5-11(7)15-2/h4-5,13H,3,6,12H2,1-2H3. The first-order valence-electron chi connectivity index (χ1n) is 4.77. The summed E-state index contributed by atoms with van der Waals surface area (Å²) >= 11 is 0. The van der Waals surface area contributed by atoms with Crippen molar-refractivity contribution in [1.29, 1.82) is 0 Å². The van der Waals surface area contributed by atoms with Gasteiger partial charge in [0.05, 0.1) is 19.2 Å². The zero-order valence-corrected chi connectivity index (χ0v) is 8.91. The van der Waals surface area contributed by atoms with Gasteiger partial charge in [-0.25, -0.2) is 0 Å². The molecule has 3 N–H and O–H groups in total. The second-order valence-corrected chi connectivity index (χ2v) is 3.16. The number of aromatic hydroxyl groups is 1. The van der Waals surface area contributed by atoms with Crippen molar-refractivity contribution in [3.05, 3.63) is 23.3 Å². The van der Waals surface area contributed by atoms with Gasteiger partial charge >= 0.3 is 0 Å². The average Bonchev–Trinajstić information content (AvgIpc) is 2.27. The number of rotatable bonds is 4. The van der Waals surface area contributed by atoms with Gasteiger partial charge in [-0.3, -0.25) is 4.79 Å². The number of hydrogen-bond donors (Lipinski definition) is 2. The SMILES string of the molecule is CCc1cc(C(=O)CN)c(O)cc1OC. The van der Waals surface area contributed by atoms with Crippen molar-refractivity contribution in [3.8, 4) is 11.5 Å². The van der Waals surface area contributed by atoms with Gasteiger partial charge in [-0.1, -0.05) is 6.92 Å². The van der Waals surface area contributed by atoms with Crippen LogP contribution >= 0.6 is 0 Å². The lowest BCUT2D eigenvalue weighted by Gasteiger charge is -2.10. The number of phenols is 1. The van der Waals surface area contributed by atoms with Crippen molar-refractivity contribution in [2.75, 3.05) is 13.7 Å². The van der Waals surface area contributed by atoms with Gasteiger partial charge < -0.3 is 15.6 Å². The van der Waals surface area contributed by atoms with Gasteiger partial charge in [-0.05, 0) is 18.1 Å². The van der Waals surface area contributed by atoms with Crippen LogP contribution in [-0.4, -0.2) is 24.5 Å². The topological polar surface area (TPSA) is 72.6 Å². The maximum absolute atomic E-state index is 11.4. The first-order valence-corrected chi connectivity index (χ1v) is 4.77. The number of ether oxygens (including phenoxy) is 1. The van der Waals surface area contributed by atoms with Crippen molar-refractivity contribution in [1.82, 2.24) is 0 Å². The van der Waals surface area contributed by atoms with Crippen LogP contribution in [0.1, 0.15) is 22.8 Å². The quantitative estimate of drug-likeness (QED) is 0.728. The molecule has 4 heteroatoms. The van der Waals surface area contributed by atoms with E-state index in [9.17, 15) is 9.90 Å². The number of methoxy groups -OCH3 is 1. The number of ketones is 1. The van der Waals surface area contributed by atoms with E-state index in [1.165, 1.54) is 13.2 Å². The van der Waals surface area contributed by atoms with Crippen molar-refractivity contribution in [3.63, 3.8) is 0 Å². The van der Waals surface area contributed by atoms with E-state index in [2.05, 4.69) is 0 Å². The summed E-state index contributed by atoms with van der Waals surface area (Å²) in [6, 6.07) is 3.07. The molecule has 0 radical (unpaired) electrons. The monoisotopic (exact) mass is 209 g/mol. The van der Waals surface area contributed by atoms with E-state index in [0.29, 0.717) is 5.75 Å². The van der Waals surface area contributed by atoms with Crippen LogP contribution in [0.25, 0.3) is 0 Å². The molecule has 0 heterocycles. The molecule has 0 aliphatic rings. The van der Waals surface area contributed by atoms with Crippen LogP contribution in [0.15, 0.2) is 12.1 Å². The molecule has 0 aliphatic carbocycles. The summed E-state index contributed by atoms with van der Waals surface area (Å²) in [5.74, 6) is 0.230. The smallest absolute Gasteiger partial charge is 0.180 e. The number of Topliss-reactive ketones (excluding diaryl/α,β-unsaturated/α-hetero) is 1. The third kappa shape index (κ3) is 2.27. The number of carbonyl (C=O) groups is 1. The van der Waals surface area contributed by atoms with Crippen molar-refractivity contribution in [2.45, 2.75) is 13.3 Å². The van der Waals surface area contributed by atoms with E-state index in [-0.39, 0.29) is 23.6 Å². The van der Waals surface area contributed by atoms with Gasteiger partial charge in [0, 0.05) is 6.07 Å². The molecule has 0 saturated carbocycles. The normalized spacial score (nSPS) is 10.1. The molecule has 1 rings (SSSR count). The van der Waals surface area contributed by atoms with Crippen LogP contribution < -0.4 is 10.5 Å². The summed E-state index contributed by atoms with van der Waals surface area (Å²) in [6.45, 7) is 1.84. The molecule has 15 heavy (non-hydrogen) atoms. The summed E-state index contributed by atoms with van der Waals surface area (Å²) in [7, 11) is 1.53. The van der Waals surface area contributed by atoms with Gasteiger partial charge in [0.1, 0.15) is 11.5 Å². The first kappa shape index (κ1) is 11.5. The Kier molecular flexibility index (Phi) is 3.68. The van der Waals surface area contributed by atoms with E-state index in [1.807, 2.05) is 6.92 Å². The highest BCUT2D eigenvalue weighted by atomic mass is 16.5. The van der Waals surface area contributed by atoms with Crippen LogP contribution in [0.3, 0.4) is 0 Å². The maximum atomic E-state index is 11.4. The lowest BCUT2D eigenvalue weighted by atomic mass is 10.0. The third-order valence-corrected chi connectivity index (χ3v) is 2.27. The molecule has 0 aliphatic heterocycles. The Labute approximate surface area is 88.7 Å². The first-order chi connectivity index (χ1) is 7.13. The number of nitrogens with two attached hydrogens (primary N) is 1. The minimum atomic E-state index is -0.273. The number of hydrogen-bond acceptors (Lipinski definition) is 4. The summed E-state index contributed by atoms with van der Waals surface area (Å²) < 4.78 is 5.08. The Morgan fingerprint density at radius 2 is 2.20 bits per heavy atom. The zero-order valence-electron chi connectivity index (χ0n) is 8.91. The predicted octanol–water partition coefficient (Wildman–Crippen LogP) is 1.10. The third-order valence-electron chi connectivity index (χ3n) is 2.27. The van der Waals surface area contributed by atoms with E-state index >= 15 is 0 Å². The van der Waals surface area contributed by atoms with Crippen LogP contribution in [0.4, 0.5) is 0 Å². The molecule has 0 fully saturated rings. The van der Waals surface area contributed by atoms with Gasteiger partial charge in [-0.2, -0.15) is 0 Å².